The number of nitrogens with one attached hydrogen (secondary N) is 1. The molecule has 1 atom stereocenters. The van der Waals surface area contributed by atoms with Crippen LogP contribution >= 0.6 is 11.3 Å². The van der Waals surface area contributed by atoms with Crippen molar-refractivity contribution in [3.63, 3.8) is 0 Å². The lowest BCUT2D eigenvalue weighted by Crippen LogP contribution is -2.40. The molecule has 1 aromatic heterocycles. The van der Waals surface area contributed by atoms with Gasteiger partial charge in [0.15, 0.2) is 0 Å². The molecule has 0 unspecified atom stereocenters. The van der Waals surface area contributed by atoms with Gasteiger partial charge in [0.1, 0.15) is 0 Å². The van der Waals surface area contributed by atoms with E-state index in [1.807, 2.05) is 12.1 Å². The number of carbonyl (C=O) groups excluding carboxylic acids is 1. The lowest BCUT2D eigenvalue weighted by molar-refractivity contribution is 0.0949. The van der Waals surface area contributed by atoms with E-state index in [0.29, 0.717) is 19.1 Å². The minimum absolute atomic E-state index is 0.0176. The Labute approximate surface area is 153 Å². The smallest absolute Gasteiger partial charge is 0.261 e. The van der Waals surface area contributed by atoms with Crippen LogP contribution in [0.25, 0.3) is 0 Å². The molecule has 0 radical (unpaired) electrons. The highest BCUT2D eigenvalue weighted by Gasteiger charge is 2.21. The Kier molecular flexibility index (Phi) is 6.62. The molecule has 4 nitrogen and oxygen atoms in total. The highest BCUT2D eigenvalue weighted by Crippen LogP contribution is 2.26. The third-order valence-corrected chi connectivity index (χ3v) is 5.72. The molecule has 3 rings (SSSR count). The number of benzene rings is 1. The molecule has 0 bridgehead atoms. The van der Waals surface area contributed by atoms with Gasteiger partial charge in [-0.25, -0.2) is 0 Å². The zero-order valence-electron chi connectivity index (χ0n) is 14.7. The van der Waals surface area contributed by atoms with Crippen LogP contribution in [0.4, 0.5) is 0 Å². The van der Waals surface area contributed by atoms with Crippen LogP contribution in [0.15, 0.2) is 42.5 Å². The first-order chi connectivity index (χ1) is 12.3. The molecule has 25 heavy (non-hydrogen) atoms. The fraction of sp³-hybridized carbons (Fsp3) is 0.450. The van der Waals surface area contributed by atoms with E-state index in [0.717, 1.165) is 29.4 Å². The summed E-state index contributed by atoms with van der Waals surface area (Å²) in [6.45, 7) is 4.36. The number of hydrogen-bond donors (Lipinski definition) is 1. The number of rotatable bonds is 7. The average Bonchev–Trinajstić information content (AvgIpc) is 3.12. The summed E-state index contributed by atoms with van der Waals surface area (Å²) in [6.07, 6.45) is 2.48. The Morgan fingerprint density at radius 3 is 2.92 bits per heavy atom. The van der Waals surface area contributed by atoms with Gasteiger partial charge in [0.2, 0.25) is 0 Å². The Bertz CT molecular complexity index is 671. The quantitative estimate of drug-likeness (QED) is 0.824. The number of thiophene rings is 1. The topological polar surface area (TPSA) is 41.6 Å². The molecule has 5 heteroatoms. The van der Waals surface area contributed by atoms with Gasteiger partial charge in [-0.15, -0.1) is 11.3 Å². The fourth-order valence-corrected chi connectivity index (χ4v) is 4.29. The number of hydrogen-bond acceptors (Lipinski definition) is 4. The molecule has 1 aliphatic heterocycles. The van der Waals surface area contributed by atoms with Gasteiger partial charge in [-0.1, -0.05) is 30.3 Å². The van der Waals surface area contributed by atoms with E-state index < -0.39 is 0 Å². The molecule has 1 N–H and O–H groups in total. The molecule has 1 amide bonds. The van der Waals surface area contributed by atoms with Crippen LogP contribution in [0, 0.1) is 0 Å². The van der Waals surface area contributed by atoms with E-state index in [9.17, 15) is 4.79 Å². The maximum atomic E-state index is 12.2. The van der Waals surface area contributed by atoms with Crippen LogP contribution in [-0.4, -0.2) is 44.1 Å². The zero-order chi connectivity index (χ0) is 17.5. The molecular formula is C20H26N2O2S. The van der Waals surface area contributed by atoms with Crippen molar-refractivity contribution in [1.29, 1.82) is 0 Å². The summed E-state index contributed by atoms with van der Waals surface area (Å²) in [5, 5.41) is 3.05. The first-order valence-electron chi connectivity index (χ1n) is 8.89. The Morgan fingerprint density at radius 2 is 2.12 bits per heavy atom. The number of carbonyl (C=O) groups is 1. The summed E-state index contributed by atoms with van der Waals surface area (Å²) >= 11 is 1.50. The van der Waals surface area contributed by atoms with Crippen molar-refractivity contribution in [1.82, 2.24) is 10.2 Å². The molecular weight excluding hydrogens is 332 g/mol. The Morgan fingerprint density at radius 1 is 1.28 bits per heavy atom. The van der Waals surface area contributed by atoms with E-state index in [-0.39, 0.29) is 5.91 Å². The first-order valence-corrected chi connectivity index (χ1v) is 9.71. The van der Waals surface area contributed by atoms with Gasteiger partial charge in [0, 0.05) is 31.6 Å². The van der Waals surface area contributed by atoms with Gasteiger partial charge in [-0.05, 0) is 43.0 Å². The minimum Gasteiger partial charge on any atom is -0.379 e. The molecule has 0 aliphatic carbocycles. The average molecular weight is 359 g/mol. The van der Waals surface area contributed by atoms with Crippen molar-refractivity contribution in [3.05, 3.63) is 57.8 Å². The summed E-state index contributed by atoms with van der Waals surface area (Å²) in [5.41, 5.74) is 1.43. The Balaban J connectivity index is 1.44. The van der Waals surface area contributed by atoms with Gasteiger partial charge in [0.05, 0.1) is 11.5 Å². The molecule has 1 aromatic carbocycles. The maximum absolute atomic E-state index is 12.2. The summed E-state index contributed by atoms with van der Waals surface area (Å²) in [5.74, 6) is 0.628. The first kappa shape index (κ1) is 18.1. The molecule has 1 fully saturated rings. The minimum atomic E-state index is 0.0176. The molecule has 1 aliphatic rings. The van der Waals surface area contributed by atoms with E-state index >= 15 is 0 Å². The summed E-state index contributed by atoms with van der Waals surface area (Å²) in [4.78, 5) is 16.5. The monoisotopic (exact) mass is 358 g/mol. The zero-order valence-corrected chi connectivity index (χ0v) is 15.6. The van der Waals surface area contributed by atoms with Gasteiger partial charge in [0.25, 0.3) is 5.91 Å². The predicted molar refractivity (Wildman–Crippen MR) is 102 cm³/mol. The predicted octanol–water partition coefficient (Wildman–Crippen LogP) is 3.50. The number of methoxy groups -OCH3 is 1. The molecule has 1 saturated heterocycles. The van der Waals surface area contributed by atoms with Crippen molar-refractivity contribution in [3.8, 4) is 0 Å². The second-order valence-corrected chi connectivity index (χ2v) is 7.67. The number of nitrogens with zero attached hydrogens (tertiary/aromatic N) is 1. The lowest BCUT2D eigenvalue weighted by atomic mass is 9.91. The van der Waals surface area contributed by atoms with E-state index in [1.54, 1.807) is 7.11 Å². The van der Waals surface area contributed by atoms with Crippen molar-refractivity contribution in [2.75, 3.05) is 33.3 Å². The largest absolute Gasteiger partial charge is 0.379 e. The fourth-order valence-electron chi connectivity index (χ4n) is 3.39. The van der Waals surface area contributed by atoms with Gasteiger partial charge >= 0.3 is 0 Å². The molecule has 134 valence electrons. The van der Waals surface area contributed by atoms with Crippen LogP contribution in [0.2, 0.25) is 0 Å². The van der Waals surface area contributed by atoms with E-state index in [4.69, 9.17) is 4.74 Å². The second kappa shape index (κ2) is 9.13. The number of amides is 1. The third kappa shape index (κ3) is 5.14. The highest BCUT2D eigenvalue weighted by molar-refractivity contribution is 7.14. The standard InChI is InChI=1S/C20H26N2O2S/c1-24-15-18-9-10-19(25-18)20(23)21-11-13-22-12-5-8-17(14-22)16-6-3-2-4-7-16/h2-4,6-7,9-10,17H,5,8,11-15H2,1H3,(H,21,23)/t17-/m0/s1. The van der Waals surface area contributed by atoms with Gasteiger partial charge < -0.3 is 15.0 Å². The molecule has 0 spiro atoms. The normalized spacial score (nSPS) is 18.2. The summed E-state index contributed by atoms with van der Waals surface area (Å²) in [6, 6.07) is 14.6. The molecule has 2 aromatic rings. The Hall–Kier alpha value is -1.69. The summed E-state index contributed by atoms with van der Waals surface area (Å²) < 4.78 is 5.10. The highest BCUT2D eigenvalue weighted by atomic mass is 32.1. The van der Waals surface area contributed by atoms with Gasteiger partial charge in [-0.2, -0.15) is 0 Å². The molecule has 0 saturated carbocycles. The molecule has 2 heterocycles. The lowest BCUT2D eigenvalue weighted by Gasteiger charge is -2.33. The van der Waals surface area contributed by atoms with Crippen molar-refractivity contribution >= 4 is 17.2 Å². The number of likely N-dealkylation sites (tertiary alicyclic amines) is 1. The number of ether oxygens (including phenoxy) is 1. The van der Waals surface area contributed by atoms with Crippen LogP contribution in [0.3, 0.4) is 0 Å². The van der Waals surface area contributed by atoms with E-state index in [1.165, 1.54) is 29.7 Å². The van der Waals surface area contributed by atoms with Gasteiger partial charge in [-0.3, -0.25) is 4.79 Å². The third-order valence-electron chi connectivity index (χ3n) is 4.66. The SMILES string of the molecule is COCc1ccc(C(=O)NCCN2CCC[C@H](c3ccccc3)C2)s1. The van der Waals surface area contributed by atoms with Crippen LogP contribution in [0.1, 0.15) is 38.9 Å². The van der Waals surface area contributed by atoms with Crippen molar-refractivity contribution in [2.45, 2.75) is 25.4 Å². The summed E-state index contributed by atoms with van der Waals surface area (Å²) in [7, 11) is 1.67. The van der Waals surface area contributed by atoms with Crippen molar-refractivity contribution in [2.24, 2.45) is 0 Å². The van der Waals surface area contributed by atoms with Crippen molar-refractivity contribution < 1.29 is 9.53 Å². The van der Waals surface area contributed by atoms with Crippen LogP contribution < -0.4 is 5.32 Å². The van der Waals surface area contributed by atoms with E-state index in [2.05, 4.69) is 40.5 Å². The number of piperidine rings is 1. The van der Waals surface area contributed by atoms with Crippen LogP contribution in [0.5, 0.6) is 0 Å². The second-order valence-electron chi connectivity index (χ2n) is 6.51. The van der Waals surface area contributed by atoms with Crippen LogP contribution in [-0.2, 0) is 11.3 Å². The maximum Gasteiger partial charge on any atom is 0.261 e.